The van der Waals surface area contributed by atoms with Gasteiger partial charge in [0.15, 0.2) is 17.7 Å². The lowest BCUT2D eigenvalue weighted by Gasteiger charge is -2.28. The second kappa shape index (κ2) is 15.5. The van der Waals surface area contributed by atoms with E-state index in [0.717, 1.165) is 15.6 Å². The number of carbonyl (C=O) groups excluding carboxylic acids is 2. The molecule has 0 spiro atoms. The predicted octanol–water partition coefficient (Wildman–Crippen LogP) is 5.20. The minimum Gasteiger partial charge on any atom is -0.490 e. The predicted molar refractivity (Wildman–Crippen MR) is 169 cm³/mol. The summed E-state index contributed by atoms with van der Waals surface area (Å²) in [7, 11) is 1.28. The number of allylic oxidation sites excluding steroid dienone is 1. The van der Waals surface area contributed by atoms with E-state index in [0.29, 0.717) is 46.7 Å². The molecule has 3 aromatic carbocycles. The van der Waals surface area contributed by atoms with E-state index >= 15 is 0 Å². The van der Waals surface area contributed by atoms with Crippen molar-refractivity contribution in [2.24, 2.45) is 5.10 Å². The zero-order valence-corrected chi connectivity index (χ0v) is 26.6. The molecule has 0 unspecified atom stereocenters. The van der Waals surface area contributed by atoms with Crippen LogP contribution in [0.15, 0.2) is 81.5 Å². The maximum Gasteiger partial charge on any atom is 0.337 e. The van der Waals surface area contributed by atoms with E-state index in [2.05, 4.69) is 37.1 Å². The Morgan fingerprint density at radius 1 is 1.09 bits per heavy atom. The van der Waals surface area contributed by atoms with Crippen molar-refractivity contribution in [2.45, 2.75) is 32.7 Å². The number of halogens is 2. The molecule has 11 nitrogen and oxygen atoms in total. The van der Waals surface area contributed by atoms with Crippen LogP contribution in [0.2, 0.25) is 5.02 Å². The fraction of sp³-hybridized carbons (Fsp3) is 0.258. The number of nitrogens with zero attached hydrogens (tertiary/aromatic N) is 1. The van der Waals surface area contributed by atoms with Gasteiger partial charge in [0.2, 0.25) is 0 Å². The van der Waals surface area contributed by atoms with E-state index in [9.17, 15) is 14.7 Å². The number of hydrazone groups is 1. The Morgan fingerprint density at radius 3 is 2.55 bits per heavy atom. The summed E-state index contributed by atoms with van der Waals surface area (Å²) in [5.74, 6) is 0.835. The Bertz CT molecular complexity index is 1550. The summed E-state index contributed by atoms with van der Waals surface area (Å²) >= 11 is 9.45. The lowest BCUT2D eigenvalue weighted by molar-refractivity contribution is -0.136. The first-order chi connectivity index (χ1) is 21.2. The fourth-order valence-electron chi connectivity index (χ4n) is 4.28. The van der Waals surface area contributed by atoms with Gasteiger partial charge in [0, 0.05) is 10.7 Å². The molecule has 232 valence electrons. The van der Waals surface area contributed by atoms with Crippen molar-refractivity contribution in [3.8, 4) is 17.2 Å². The summed E-state index contributed by atoms with van der Waals surface area (Å²) in [6.07, 6.45) is 0.421. The standard InChI is InChI=1S/C31H32BrClN4O7/c1-4-42-26-14-21(29-28(30(39)41-3)18(2)35-31(40)36-29)8-12-25(26)44-17-27(38)37-34-15-20-7-11-24(23(32)13-20)43-16-19-5-9-22(33)10-6-19/h5-15,27,29,37-38H,4,16-17H2,1-3H3,(H2,35,36,40)/b34-15-/t27-,29-/m1/s1. The number of hydrogen-bond donors (Lipinski definition) is 4. The molecule has 0 radical (unpaired) electrons. The molecule has 0 fully saturated rings. The summed E-state index contributed by atoms with van der Waals surface area (Å²) in [5, 5.41) is 20.5. The van der Waals surface area contributed by atoms with Gasteiger partial charge in [0.1, 0.15) is 19.0 Å². The number of ether oxygens (including phenoxy) is 4. The van der Waals surface area contributed by atoms with Gasteiger partial charge >= 0.3 is 12.0 Å². The first-order valence-corrected chi connectivity index (χ1v) is 14.7. The molecule has 4 rings (SSSR count). The Morgan fingerprint density at radius 2 is 1.84 bits per heavy atom. The molecule has 0 aromatic heterocycles. The first kappa shape index (κ1) is 32.6. The van der Waals surface area contributed by atoms with Crippen LogP contribution < -0.4 is 30.3 Å². The average molecular weight is 688 g/mol. The topological polar surface area (TPSA) is 140 Å². The maximum absolute atomic E-state index is 12.4. The van der Waals surface area contributed by atoms with Gasteiger partial charge in [-0.3, -0.25) is 5.43 Å². The number of urea groups is 1. The van der Waals surface area contributed by atoms with E-state index < -0.39 is 24.3 Å². The molecule has 4 N–H and O–H groups in total. The number of aliphatic hydroxyl groups excluding tert-OH is 1. The average Bonchev–Trinajstić information content (AvgIpc) is 3.00. The number of amides is 2. The third-order valence-corrected chi connectivity index (χ3v) is 7.24. The fourth-order valence-corrected chi connectivity index (χ4v) is 4.91. The molecule has 0 aliphatic carbocycles. The minimum atomic E-state index is -1.13. The highest BCUT2D eigenvalue weighted by molar-refractivity contribution is 9.10. The van der Waals surface area contributed by atoms with Gasteiger partial charge < -0.3 is 34.7 Å². The summed E-state index contributed by atoms with van der Waals surface area (Å²) in [4.78, 5) is 24.6. The molecular weight excluding hydrogens is 656 g/mol. The number of rotatable bonds is 13. The Hall–Kier alpha value is -4.26. The number of aliphatic hydroxyl groups is 1. The van der Waals surface area contributed by atoms with E-state index in [1.54, 1.807) is 31.3 Å². The molecule has 0 bridgehead atoms. The highest BCUT2D eigenvalue weighted by Gasteiger charge is 2.32. The van der Waals surface area contributed by atoms with E-state index in [-0.39, 0.29) is 12.2 Å². The van der Waals surface area contributed by atoms with Crippen LogP contribution in [0.3, 0.4) is 0 Å². The van der Waals surface area contributed by atoms with Crippen molar-refractivity contribution in [3.05, 3.63) is 98.1 Å². The lowest BCUT2D eigenvalue weighted by atomic mass is 9.95. The molecule has 1 heterocycles. The molecule has 2 amide bonds. The van der Waals surface area contributed by atoms with Gasteiger partial charge in [-0.15, -0.1) is 0 Å². The number of carbonyl (C=O) groups is 2. The van der Waals surface area contributed by atoms with Gasteiger partial charge in [-0.2, -0.15) is 5.10 Å². The van der Waals surface area contributed by atoms with Crippen LogP contribution in [0.4, 0.5) is 4.79 Å². The van der Waals surface area contributed by atoms with Gasteiger partial charge in [-0.25, -0.2) is 9.59 Å². The Kier molecular flexibility index (Phi) is 11.5. The minimum absolute atomic E-state index is 0.144. The molecule has 3 aromatic rings. The van der Waals surface area contributed by atoms with E-state index in [4.69, 9.17) is 30.5 Å². The van der Waals surface area contributed by atoms with Crippen LogP contribution in [-0.4, -0.2) is 49.9 Å². The van der Waals surface area contributed by atoms with Crippen LogP contribution in [0.5, 0.6) is 17.2 Å². The number of hydrogen-bond acceptors (Lipinski definition) is 9. The summed E-state index contributed by atoms with van der Waals surface area (Å²) in [5.41, 5.74) is 5.64. The second-order valence-corrected chi connectivity index (χ2v) is 10.8. The zero-order valence-electron chi connectivity index (χ0n) is 24.2. The van der Waals surface area contributed by atoms with Gasteiger partial charge in [0.25, 0.3) is 0 Å². The third-order valence-electron chi connectivity index (χ3n) is 6.37. The number of methoxy groups -OCH3 is 1. The largest absolute Gasteiger partial charge is 0.490 e. The number of benzene rings is 3. The van der Waals surface area contributed by atoms with Crippen LogP contribution in [0.25, 0.3) is 0 Å². The Labute approximate surface area is 268 Å². The highest BCUT2D eigenvalue weighted by atomic mass is 79.9. The van der Waals surface area contributed by atoms with Crippen molar-refractivity contribution in [1.82, 2.24) is 16.1 Å². The van der Waals surface area contributed by atoms with Crippen molar-refractivity contribution in [2.75, 3.05) is 20.3 Å². The molecule has 0 saturated carbocycles. The van der Waals surface area contributed by atoms with Crippen LogP contribution >= 0.6 is 27.5 Å². The smallest absolute Gasteiger partial charge is 0.337 e. The van der Waals surface area contributed by atoms with Crippen molar-refractivity contribution < 1.29 is 33.6 Å². The SMILES string of the molecule is CCOc1cc([C@H]2NC(=O)NC(C)=C2C(=O)OC)ccc1OC[C@@H](O)N/N=C\c1ccc(OCc2ccc(Cl)cc2)c(Br)c1. The quantitative estimate of drug-likeness (QED) is 0.0833. The van der Waals surface area contributed by atoms with E-state index in [1.165, 1.54) is 7.11 Å². The number of esters is 1. The second-order valence-electron chi connectivity index (χ2n) is 9.52. The molecule has 13 heteroatoms. The van der Waals surface area contributed by atoms with Gasteiger partial charge in [-0.1, -0.05) is 29.8 Å². The molecule has 1 aliphatic heterocycles. The van der Waals surface area contributed by atoms with Crippen LogP contribution in [0, 0.1) is 0 Å². The first-order valence-electron chi connectivity index (χ1n) is 13.6. The van der Waals surface area contributed by atoms with Crippen molar-refractivity contribution >= 4 is 45.7 Å². The third kappa shape index (κ3) is 8.65. The monoisotopic (exact) mass is 686 g/mol. The summed E-state index contributed by atoms with van der Waals surface area (Å²) in [6.45, 7) is 4.03. The van der Waals surface area contributed by atoms with Gasteiger partial charge in [-0.05, 0) is 88.9 Å². The summed E-state index contributed by atoms with van der Waals surface area (Å²) in [6, 6.07) is 16.7. The molecule has 1 aliphatic rings. The normalized spacial score (nSPS) is 15.3. The van der Waals surface area contributed by atoms with Crippen molar-refractivity contribution in [3.63, 3.8) is 0 Å². The molecular formula is C31H32BrClN4O7. The summed E-state index contributed by atoms with van der Waals surface area (Å²) < 4.78 is 23.1. The molecule has 0 saturated heterocycles. The van der Waals surface area contributed by atoms with Crippen LogP contribution in [0.1, 0.15) is 36.6 Å². The number of nitrogens with one attached hydrogen (secondary N) is 3. The lowest BCUT2D eigenvalue weighted by Crippen LogP contribution is -2.45. The highest BCUT2D eigenvalue weighted by Crippen LogP contribution is 2.35. The maximum atomic E-state index is 12.4. The van der Waals surface area contributed by atoms with Crippen molar-refractivity contribution in [1.29, 1.82) is 0 Å². The van der Waals surface area contributed by atoms with Gasteiger partial charge in [0.05, 0.1) is 36.0 Å². The Balaban J connectivity index is 1.34. The van der Waals surface area contributed by atoms with E-state index in [1.807, 2.05) is 49.4 Å². The molecule has 2 atom stereocenters. The molecule has 44 heavy (non-hydrogen) atoms. The van der Waals surface area contributed by atoms with Crippen LogP contribution in [-0.2, 0) is 16.1 Å². The zero-order chi connectivity index (χ0) is 31.6.